The third kappa shape index (κ3) is 2.81. The van der Waals surface area contributed by atoms with Crippen LogP contribution in [0.15, 0.2) is 36.5 Å². The molecule has 0 radical (unpaired) electrons. The van der Waals surface area contributed by atoms with Crippen molar-refractivity contribution in [3.8, 4) is 5.75 Å². The molecule has 0 fully saturated rings. The number of methoxy groups -OCH3 is 1. The van der Waals surface area contributed by atoms with E-state index in [-0.39, 0.29) is 5.91 Å². The average Bonchev–Trinajstić information content (AvgIpc) is 2.90. The molecule has 0 aliphatic carbocycles. The summed E-state index contributed by atoms with van der Waals surface area (Å²) in [4.78, 5) is 20.4. The number of aromatic nitrogens is 2. The molecule has 0 bridgehead atoms. The van der Waals surface area contributed by atoms with E-state index >= 15 is 0 Å². The average molecular weight is 320 g/mol. The van der Waals surface area contributed by atoms with Gasteiger partial charge >= 0.3 is 0 Å². The highest BCUT2D eigenvalue weighted by molar-refractivity contribution is 7.22. The molecule has 2 aromatic heterocycles. The highest BCUT2D eigenvalue weighted by Gasteiger charge is 2.12. The highest BCUT2D eigenvalue weighted by Crippen LogP contribution is 2.32. The van der Waals surface area contributed by atoms with Crippen molar-refractivity contribution < 1.29 is 9.53 Å². The number of fused-ring (bicyclic) bond motifs is 1. The number of ether oxygens (including phenoxy) is 1. The molecule has 3 rings (SSSR count). The molecule has 7 heteroatoms. The van der Waals surface area contributed by atoms with E-state index in [4.69, 9.17) is 16.3 Å². The van der Waals surface area contributed by atoms with Crippen molar-refractivity contribution >= 4 is 44.2 Å². The molecule has 0 unspecified atom stereocenters. The number of carbonyl (C=O) groups excluding carboxylic acids is 1. The van der Waals surface area contributed by atoms with Crippen LogP contribution < -0.4 is 10.1 Å². The van der Waals surface area contributed by atoms with Gasteiger partial charge in [-0.05, 0) is 24.3 Å². The molecule has 0 saturated heterocycles. The van der Waals surface area contributed by atoms with E-state index in [2.05, 4.69) is 15.3 Å². The van der Waals surface area contributed by atoms with Crippen LogP contribution in [0.5, 0.6) is 5.75 Å². The third-order valence-electron chi connectivity index (χ3n) is 2.81. The van der Waals surface area contributed by atoms with E-state index in [1.165, 1.54) is 17.5 Å². The van der Waals surface area contributed by atoms with Crippen LogP contribution in [0, 0.1) is 0 Å². The minimum atomic E-state index is -0.280. The molecule has 0 aliphatic rings. The molecule has 0 saturated carbocycles. The second-order valence-corrected chi connectivity index (χ2v) is 5.57. The number of thiazole rings is 1. The molecule has 0 spiro atoms. The Kier molecular flexibility index (Phi) is 3.72. The Bertz CT molecular complexity index is 802. The number of carbonyl (C=O) groups is 1. The van der Waals surface area contributed by atoms with Gasteiger partial charge in [-0.1, -0.05) is 29.0 Å². The second-order valence-electron chi connectivity index (χ2n) is 4.15. The molecule has 0 aliphatic heterocycles. The Morgan fingerprint density at radius 1 is 1.33 bits per heavy atom. The molecule has 1 aromatic carbocycles. The van der Waals surface area contributed by atoms with Gasteiger partial charge in [-0.2, -0.15) is 0 Å². The monoisotopic (exact) mass is 319 g/mol. The summed E-state index contributed by atoms with van der Waals surface area (Å²) in [5.74, 6) is 0.398. The molecule has 0 atom stereocenters. The molecule has 3 aromatic rings. The maximum Gasteiger partial charge on any atom is 0.259 e. The zero-order chi connectivity index (χ0) is 14.8. The fraction of sp³-hybridized carbons (Fsp3) is 0.0714. The quantitative estimate of drug-likeness (QED) is 0.749. The standard InChI is InChI=1S/C14H10ClN3O2S/c1-20-9-3-2-4-10-12(9)17-14(21-10)18-13(19)8-5-6-11(15)16-7-8/h2-7H,1H3,(H,17,18,19). The van der Waals surface area contributed by atoms with E-state index in [9.17, 15) is 4.79 Å². The van der Waals surface area contributed by atoms with Crippen molar-refractivity contribution in [2.24, 2.45) is 0 Å². The van der Waals surface area contributed by atoms with Crippen molar-refractivity contribution in [1.29, 1.82) is 0 Å². The number of hydrogen-bond donors (Lipinski definition) is 1. The van der Waals surface area contributed by atoms with Gasteiger partial charge in [0.15, 0.2) is 5.13 Å². The maximum absolute atomic E-state index is 12.1. The summed E-state index contributed by atoms with van der Waals surface area (Å²) in [6.45, 7) is 0. The SMILES string of the molecule is COc1cccc2sc(NC(=O)c3ccc(Cl)nc3)nc12. The number of pyridine rings is 1. The molecule has 21 heavy (non-hydrogen) atoms. The summed E-state index contributed by atoms with van der Waals surface area (Å²) in [7, 11) is 1.59. The smallest absolute Gasteiger partial charge is 0.259 e. The van der Waals surface area contributed by atoms with Crippen LogP contribution in [-0.4, -0.2) is 23.0 Å². The van der Waals surface area contributed by atoms with Gasteiger partial charge < -0.3 is 4.74 Å². The lowest BCUT2D eigenvalue weighted by Crippen LogP contribution is -2.11. The first-order valence-corrected chi connectivity index (χ1v) is 7.23. The van der Waals surface area contributed by atoms with Crippen LogP contribution in [0.25, 0.3) is 10.2 Å². The molecule has 5 nitrogen and oxygen atoms in total. The normalized spacial score (nSPS) is 10.6. The zero-order valence-electron chi connectivity index (χ0n) is 11.0. The van der Waals surface area contributed by atoms with Gasteiger partial charge in [0, 0.05) is 6.20 Å². The Morgan fingerprint density at radius 3 is 2.90 bits per heavy atom. The summed E-state index contributed by atoms with van der Waals surface area (Å²) in [6.07, 6.45) is 1.42. The lowest BCUT2D eigenvalue weighted by atomic mass is 10.3. The first-order chi connectivity index (χ1) is 10.2. The van der Waals surface area contributed by atoms with Gasteiger partial charge in [0.25, 0.3) is 5.91 Å². The molecule has 1 N–H and O–H groups in total. The Labute approximate surface area is 129 Å². The fourth-order valence-electron chi connectivity index (χ4n) is 1.82. The van der Waals surface area contributed by atoms with E-state index in [0.717, 1.165) is 10.2 Å². The number of halogens is 1. The number of rotatable bonds is 3. The van der Waals surface area contributed by atoms with Crippen molar-refractivity contribution in [2.75, 3.05) is 12.4 Å². The lowest BCUT2D eigenvalue weighted by Gasteiger charge is -2.00. The van der Waals surface area contributed by atoms with Crippen LogP contribution >= 0.6 is 22.9 Å². The fourth-order valence-corrected chi connectivity index (χ4v) is 2.81. The van der Waals surface area contributed by atoms with Crippen molar-refractivity contribution in [2.45, 2.75) is 0 Å². The number of amides is 1. The van der Waals surface area contributed by atoms with Crippen LogP contribution in [0.1, 0.15) is 10.4 Å². The predicted molar refractivity (Wildman–Crippen MR) is 83.4 cm³/mol. The van der Waals surface area contributed by atoms with Gasteiger partial charge in [-0.3, -0.25) is 10.1 Å². The maximum atomic E-state index is 12.1. The van der Waals surface area contributed by atoms with E-state index < -0.39 is 0 Å². The highest BCUT2D eigenvalue weighted by atomic mass is 35.5. The summed E-state index contributed by atoms with van der Waals surface area (Å²) in [5, 5.41) is 3.60. The van der Waals surface area contributed by atoms with Gasteiger partial charge in [-0.15, -0.1) is 0 Å². The first-order valence-electron chi connectivity index (χ1n) is 6.04. The minimum absolute atomic E-state index is 0.280. The number of nitrogens with zero attached hydrogens (tertiary/aromatic N) is 2. The number of para-hydroxylation sites is 1. The van der Waals surface area contributed by atoms with Crippen molar-refractivity contribution in [3.63, 3.8) is 0 Å². The minimum Gasteiger partial charge on any atom is -0.494 e. The first kappa shape index (κ1) is 13.8. The van der Waals surface area contributed by atoms with Crippen LogP contribution in [0.4, 0.5) is 5.13 Å². The van der Waals surface area contributed by atoms with Crippen LogP contribution in [0.2, 0.25) is 5.15 Å². The largest absolute Gasteiger partial charge is 0.494 e. The van der Waals surface area contributed by atoms with Crippen LogP contribution in [0.3, 0.4) is 0 Å². The number of nitrogens with one attached hydrogen (secondary N) is 1. The predicted octanol–water partition coefficient (Wildman–Crippen LogP) is 3.61. The van der Waals surface area contributed by atoms with E-state index in [1.807, 2.05) is 18.2 Å². The lowest BCUT2D eigenvalue weighted by molar-refractivity contribution is 0.102. The zero-order valence-corrected chi connectivity index (χ0v) is 12.5. The van der Waals surface area contributed by atoms with Crippen molar-refractivity contribution in [1.82, 2.24) is 9.97 Å². The number of hydrogen-bond acceptors (Lipinski definition) is 5. The van der Waals surface area contributed by atoms with Gasteiger partial charge in [0.1, 0.15) is 16.4 Å². The molecule has 2 heterocycles. The second kappa shape index (κ2) is 5.67. The molecular formula is C14H10ClN3O2S. The Balaban J connectivity index is 1.88. The van der Waals surface area contributed by atoms with Crippen molar-refractivity contribution in [3.05, 3.63) is 47.2 Å². The molecule has 1 amide bonds. The molecule has 106 valence electrons. The summed E-state index contributed by atoms with van der Waals surface area (Å²) in [5.41, 5.74) is 1.15. The van der Waals surface area contributed by atoms with Gasteiger partial charge in [0.05, 0.1) is 17.4 Å². The summed E-state index contributed by atoms with van der Waals surface area (Å²) in [6, 6.07) is 8.82. The number of anilines is 1. The third-order valence-corrected chi connectivity index (χ3v) is 3.97. The van der Waals surface area contributed by atoms with Crippen LogP contribution in [-0.2, 0) is 0 Å². The Hall–Kier alpha value is -2.18. The van der Waals surface area contributed by atoms with Gasteiger partial charge in [0.2, 0.25) is 0 Å². The van der Waals surface area contributed by atoms with Gasteiger partial charge in [-0.25, -0.2) is 9.97 Å². The topological polar surface area (TPSA) is 64.1 Å². The summed E-state index contributed by atoms with van der Waals surface area (Å²) >= 11 is 7.08. The number of benzene rings is 1. The van der Waals surface area contributed by atoms with E-state index in [1.54, 1.807) is 19.2 Å². The Morgan fingerprint density at radius 2 is 2.19 bits per heavy atom. The summed E-state index contributed by atoms with van der Waals surface area (Å²) < 4.78 is 6.19. The molecular weight excluding hydrogens is 310 g/mol. The van der Waals surface area contributed by atoms with E-state index in [0.29, 0.717) is 21.6 Å².